The van der Waals surface area contributed by atoms with Crippen molar-refractivity contribution in [2.24, 2.45) is 7.05 Å². The Morgan fingerprint density at radius 3 is 2.62 bits per heavy atom. The molecule has 0 atom stereocenters. The molecule has 0 aliphatic heterocycles. The topological polar surface area (TPSA) is 85.6 Å². The maximum absolute atomic E-state index is 12.3. The van der Waals surface area contributed by atoms with E-state index in [0.717, 1.165) is 16.8 Å². The lowest BCUT2D eigenvalue weighted by Crippen LogP contribution is -2.16. The van der Waals surface area contributed by atoms with Gasteiger partial charge in [-0.1, -0.05) is 34.7 Å². The smallest absolute Gasteiger partial charge is 0.234 e. The van der Waals surface area contributed by atoms with Crippen molar-refractivity contribution in [1.82, 2.24) is 25.0 Å². The third-order valence-corrected chi connectivity index (χ3v) is 4.61. The summed E-state index contributed by atoms with van der Waals surface area (Å²) in [5, 5.41) is 11.6. The Balaban J connectivity index is 1.72. The first-order valence-electron chi connectivity index (χ1n) is 7.46. The highest BCUT2D eigenvalue weighted by atomic mass is 32.2. The molecule has 3 aromatic rings. The number of hydrogen-bond donors (Lipinski definition) is 1. The molecule has 0 saturated carbocycles. The molecular weight excluding hydrogens is 324 g/mol. The fourth-order valence-corrected chi connectivity index (χ4v) is 3.36. The number of nitrogens with one attached hydrogen (secondary N) is 1. The molecule has 0 radical (unpaired) electrons. The zero-order valence-electron chi connectivity index (χ0n) is 14.0. The molecule has 1 amide bonds. The number of aromatic nitrogens is 5. The lowest BCUT2D eigenvalue weighted by atomic mass is 10.1. The third-order valence-electron chi connectivity index (χ3n) is 3.64. The summed E-state index contributed by atoms with van der Waals surface area (Å²) in [4.78, 5) is 20.6. The lowest BCUT2D eigenvalue weighted by molar-refractivity contribution is -0.113. The molecule has 0 spiro atoms. The molecule has 0 aliphatic carbocycles. The summed E-state index contributed by atoms with van der Waals surface area (Å²) in [5.41, 5.74) is 5.44. The number of rotatable bonds is 4. The van der Waals surface area contributed by atoms with Crippen LogP contribution in [0.3, 0.4) is 0 Å². The van der Waals surface area contributed by atoms with E-state index >= 15 is 0 Å². The number of thioether (sulfide) groups is 1. The second-order valence-electron chi connectivity index (χ2n) is 5.67. The summed E-state index contributed by atoms with van der Waals surface area (Å²) in [6.45, 7) is 6.04. The fourth-order valence-electron chi connectivity index (χ4n) is 2.62. The Kier molecular flexibility index (Phi) is 4.48. The van der Waals surface area contributed by atoms with Crippen LogP contribution in [0.1, 0.15) is 16.7 Å². The maximum atomic E-state index is 12.3. The number of carbonyl (C=O) groups excluding carboxylic acids is 1. The van der Waals surface area contributed by atoms with Crippen molar-refractivity contribution in [3.63, 3.8) is 0 Å². The van der Waals surface area contributed by atoms with Crippen molar-refractivity contribution in [1.29, 1.82) is 0 Å². The summed E-state index contributed by atoms with van der Waals surface area (Å²) in [5.74, 6) is 0.167. The van der Waals surface area contributed by atoms with Gasteiger partial charge >= 0.3 is 0 Å². The number of nitrogens with zero attached hydrogens (tertiary/aromatic N) is 5. The molecular formula is C16H18N6OS. The number of fused-ring (bicyclic) bond motifs is 1. The van der Waals surface area contributed by atoms with Crippen molar-refractivity contribution < 1.29 is 4.79 Å². The Bertz CT molecular complexity index is 897. The number of benzene rings is 1. The van der Waals surface area contributed by atoms with E-state index in [1.165, 1.54) is 23.7 Å². The van der Waals surface area contributed by atoms with E-state index in [1.807, 2.05) is 20.8 Å². The van der Waals surface area contributed by atoms with E-state index in [2.05, 4.69) is 37.7 Å². The van der Waals surface area contributed by atoms with Crippen molar-refractivity contribution in [3.05, 3.63) is 35.2 Å². The molecule has 2 aromatic heterocycles. The highest BCUT2D eigenvalue weighted by Gasteiger charge is 2.13. The van der Waals surface area contributed by atoms with E-state index in [1.54, 1.807) is 11.7 Å². The third kappa shape index (κ3) is 3.23. The Morgan fingerprint density at radius 1 is 1.21 bits per heavy atom. The van der Waals surface area contributed by atoms with Crippen LogP contribution in [0, 0.1) is 20.8 Å². The summed E-state index contributed by atoms with van der Waals surface area (Å²) in [7, 11) is 1.77. The van der Waals surface area contributed by atoms with E-state index < -0.39 is 0 Å². The van der Waals surface area contributed by atoms with Gasteiger partial charge in [-0.05, 0) is 31.9 Å². The van der Waals surface area contributed by atoms with Crippen LogP contribution in [-0.4, -0.2) is 36.6 Å². The number of amides is 1. The standard InChI is InChI=1S/C16H18N6OS/c1-9-5-10(2)13(11(3)6-9)19-12(23)7-24-16-14-15(17-8-18-16)22(4)21-20-14/h5-6,8H,7H2,1-4H3,(H,19,23). The quantitative estimate of drug-likeness (QED) is 0.579. The molecule has 124 valence electrons. The van der Waals surface area contributed by atoms with Gasteiger partial charge in [0, 0.05) is 12.7 Å². The molecule has 8 heteroatoms. The van der Waals surface area contributed by atoms with Crippen LogP contribution >= 0.6 is 11.8 Å². The first-order valence-corrected chi connectivity index (χ1v) is 8.45. The fraction of sp³-hybridized carbons (Fsp3) is 0.312. The molecule has 0 aliphatic rings. The largest absolute Gasteiger partial charge is 0.325 e. The Labute approximate surface area is 143 Å². The lowest BCUT2D eigenvalue weighted by Gasteiger charge is -2.12. The average Bonchev–Trinajstić information content (AvgIpc) is 2.91. The molecule has 3 rings (SSSR count). The number of hydrogen-bond acceptors (Lipinski definition) is 6. The normalized spacial score (nSPS) is 11.0. The highest BCUT2D eigenvalue weighted by molar-refractivity contribution is 8.00. The van der Waals surface area contributed by atoms with Gasteiger partial charge in [0.05, 0.1) is 5.75 Å². The van der Waals surface area contributed by atoms with Crippen LogP contribution in [0.15, 0.2) is 23.5 Å². The zero-order chi connectivity index (χ0) is 17.3. The van der Waals surface area contributed by atoms with Crippen molar-refractivity contribution in [2.45, 2.75) is 25.8 Å². The molecule has 1 N–H and O–H groups in total. The predicted octanol–water partition coefficient (Wildman–Crippen LogP) is 2.41. The Hall–Kier alpha value is -2.48. The van der Waals surface area contributed by atoms with Crippen molar-refractivity contribution in [2.75, 3.05) is 11.1 Å². The van der Waals surface area contributed by atoms with Gasteiger partial charge in [0.1, 0.15) is 11.4 Å². The van der Waals surface area contributed by atoms with E-state index in [0.29, 0.717) is 16.2 Å². The summed E-state index contributed by atoms with van der Waals surface area (Å²) in [6.07, 6.45) is 1.46. The van der Waals surface area contributed by atoms with Crippen molar-refractivity contribution in [3.8, 4) is 0 Å². The molecule has 24 heavy (non-hydrogen) atoms. The highest BCUT2D eigenvalue weighted by Crippen LogP contribution is 2.24. The van der Waals surface area contributed by atoms with Gasteiger partial charge < -0.3 is 5.32 Å². The van der Waals surface area contributed by atoms with Crippen LogP contribution in [0.25, 0.3) is 11.2 Å². The minimum atomic E-state index is -0.0781. The van der Waals surface area contributed by atoms with Crippen LogP contribution in [0.4, 0.5) is 5.69 Å². The van der Waals surface area contributed by atoms with Gasteiger partial charge in [-0.2, -0.15) is 0 Å². The minimum Gasteiger partial charge on any atom is -0.325 e. The number of aryl methyl sites for hydroxylation is 4. The second kappa shape index (κ2) is 6.56. The van der Waals surface area contributed by atoms with Crippen LogP contribution in [0.2, 0.25) is 0 Å². The van der Waals surface area contributed by atoms with E-state index in [9.17, 15) is 4.79 Å². The van der Waals surface area contributed by atoms with Gasteiger partial charge in [0.25, 0.3) is 0 Å². The SMILES string of the molecule is Cc1cc(C)c(NC(=O)CSc2ncnc3c2nnn3C)c(C)c1. The van der Waals surface area contributed by atoms with E-state index in [-0.39, 0.29) is 11.7 Å². The number of carbonyl (C=O) groups is 1. The van der Waals surface area contributed by atoms with Gasteiger partial charge in [0.2, 0.25) is 5.91 Å². The summed E-state index contributed by atoms with van der Waals surface area (Å²) in [6, 6.07) is 4.12. The Morgan fingerprint density at radius 2 is 1.92 bits per heavy atom. The zero-order valence-corrected chi connectivity index (χ0v) is 14.8. The minimum absolute atomic E-state index is 0.0781. The predicted molar refractivity (Wildman–Crippen MR) is 94.1 cm³/mol. The molecule has 0 unspecified atom stereocenters. The second-order valence-corrected chi connectivity index (χ2v) is 6.64. The molecule has 0 saturated heterocycles. The van der Waals surface area contributed by atoms with Gasteiger partial charge in [0.15, 0.2) is 11.2 Å². The average molecular weight is 342 g/mol. The monoisotopic (exact) mass is 342 g/mol. The maximum Gasteiger partial charge on any atom is 0.234 e. The van der Waals surface area contributed by atoms with Gasteiger partial charge in [-0.3, -0.25) is 4.79 Å². The van der Waals surface area contributed by atoms with Crippen LogP contribution in [-0.2, 0) is 11.8 Å². The van der Waals surface area contributed by atoms with E-state index in [4.69, 9.17) is 0 Å². The van der Waals surface area contributed by atoms with Gasteiger partial charge in [-0.25, -0.2) is 14.6 Å². The molecule has 0 bridgehead atoms. The molecule has 1 aromatic carbocycles. The van der Waals surface area contributed by atoms with Crippen LogP contribution in [0.5, 0.6) is 0 Å². The molecule has 7 nitrogen and oxygen atoms in total. The van der Waals surface area contributed by atoms with Crippen molar-refractivity contribution >= 4 is 34.5 Å². The summed E-state index contributed by atoms with van der Waals surface area (Å²) < 4.78 is 1.58. The molecule has 0 fully saturated rings. The molecule has 2 heterocycles. The van der Waals surface area contributed by atoms with Gasteiger partial charge in [-0.15, -0.1) is 5.10 Å². The first kappa shape index (κ1) is 16.4. The number of anilines is 1. The summed E-state index contributed by atoms with van der Waals surface area (Å²) >= 11 is 1.33. The first-order chi connectivity index (χ1) is 11.5. The van der Waals surface area contributed by atoms with Crippen LogP contribution < -0.4 is 5.32 Å².